The van der Waals surface area contributed by atoms with E-state index in [1.165, 1.54) is 11.8 Å². The zero-order valence-corrected chi connectivity index (χ0v) is 16.4. The van der Waals surface area contributed by atoms with Gasteiger partial charge in [-0.15, -0.1) is 0 Å². The Kier molecular flexibility index (Phi) is 5.88. The van der Waals surface area contributed by atoms with Gasteiger partial charge in [0.25, 0.3) is 0 Å². The summed E-state index contributed by atoms with van der Waals surface area (Å²) in [5, 5.41) is 3.69. The molecule has 0 radical (unpaired) electrons. The monoisotopic (exact) mass is 404 g/mol. The first-order chi connectivity index (χ1) is 13.3. The second kappa shape index (κ2) is 8.71. The summed E-state index contributed by atoms with van der Waals surface area (Å²) in [4.78, 5) is 23.5. The molecule has 2 aliphatic rings. The fraction of sp³-hybridized carbons (Fsp3) is 0.389. The van der Waals surface area contributed by atoms with E-state index in [-0.39, 0.29) is 11.7 Å². The highest BCUT2D eigenvalue weighted by atomic mass is 32.2. The molecule has 0 aliphatic carbocycles. The van der Waals surface area contributed by atoms with Crippen molar-refractivity contribution in [2.45, 2.75) is 5.03 Å². The highest BCUT2D eigenvalue weighted by molar-refractivity contribution is 8.00. The Hall–Kier alpha value is -2.13. The molecule has 9 heteroatoms. The van der Waals surface area contributed by atoms with E-state index in [0.29, 0.717) is 30.4 Å². The molecule has 4 rings (SSSR count). The maximum atomic E-state index is 12.4. The van der Waals surface area contributed by atoms with Crippen LogP contribution in [-0.2, 0) is 4.79 Å². The van der Waals surface area contributed by atoms with Crippen LogP contribution < -0.4 is 19.7 Å². The number of nitrogens with zero attached hydrogens (tertiary/aromatic N) is 3. The second-order valence-electron chi connectivity index (χ2n) is 5.98. The van der Waals surface area contributed by atoms with Gasteiger partial charge < -0.3 is 19.7 Å². The number of amides is 1. The number of carbonyl (C=O) groups is 1. The number of aromatic nitrogens is 2. The van der Waals surface area contributed by atoms with Crippen LogP contribution >= 0.6 is 23.5 Å². The first-order valence-corrected chi connectivity index (χ1v) is 10.9. The lowest BCUT2D eigenvalue weighted by atomic mass is 10.2. The summed E-state index contributed by atoms with van der Waals surface area (Å²) in [6.45, 7) is 2.98. The summed E-state index contributed by atoms with van der Waals surface area (Å²) < 4.78 is 11.0. The molecule has 1 aromatic heterocycles. The molecule has 0 saturated carbocycles. The van der Waals surface area contributed by atoms with E-state index in [2.05, 4.69) is 20.2 Å². The molecule has 1 amide bonds. The molecular weight excluding hydrogens is 384 g/mol. The van der Waals surface area contributed by atoms with Gasteiger partial charge in [0, 0.05) is 48.7 Å². The van der Waals surface area contributed by atoms with Gasteiger partial charge in [0.05, 0.1) is 5.75 Å². The van der Waals surface area contributed by atoms with Gasteiger partial charge in [-0.25, -0.2) is 9.97 Å². The van der Waals surface area contributed by atoms with E-state index >= 15 is 0 Å². The predicted molar refractivity (Wildman–Crippen MR) is 108 cm³/mol. The van der Waals surface area contributed by atoms with Crippen LogP contribution in [0.5, 0.6) is 11.5 Å². The Balaban J connectivity index is 1.37. The quantitative estimate of drug-likeness (QED) is 0.762. The van der Waals surface area contributed by atoms with Crippen LogP contribution in [0, 0.1) is 0 Å². The molecule has 0 spiro atoms. The van der Waals surface area contributed by atoms with Gasteiger partial charge >= 0.3 is 0 Å². The van der Waals surface area contributed by atoms with Crippen LogP contribution in [0.4, 0.5) is 11.5 Å². The maximum absolute atomic E-state index is 12.4. The predicted octanol–water partition coefficient (Wildman–Crippen LogP) is 2.53. The molecular formula is C18H20N4O3S2. The Bertz CT molecular complexity index is 815. The number of rotatable bonds is 5. The third-order valence-corrected chi connectivity index (χ3v) is 6.03. The number of ether oxygens (including phenoxy) is 2. The van der Waals surface area contributed by atoms with E-state index in [4.69, 9.17) is 9.47 Å². The van der Waals surface area contributed by atoms with E-state index in [1.54, 1.807) is 18.5 Å². The molecule has 3 heterocycles. The van der Waals surface area contributed by atoms with E-state index < -0.39 is 0 Å². The van der Waals surface area contributed by atoms with Gasteiger partial charge in [-0.3, -0.25) is 4.79 Å². The van der Waals surface area contributed by atoms with Gasteiger partial charge in [0.1, 0.15) is 18.2 Å². The molecule has 0 atom stereocenters. The van der Waals surface area contributed by atoms with Crippen LogP contribution in [0.15, 0.2) is 35.6 Å². The largest absolute Gasteiger partial charge is 0.486 e. The summed E-state index contributed by atoms with van der Waals surface area (Å²) in [5.41, 5.74) is 0.692. The minimum atomic E-state index is -0.0949. The Morgan fingerprint density at radius 2 is 1.93 bits per heavy atom. The van der Waals surface area contributed by atoms with Crippen LogP contribution in [0.3, 0.4) is 0 Å². The third-order valence-electron chi connectivity index (χ3n) is 4.12. The molecule has 0 unspecified atom stereocenters. The Morgan fingerprint density at radius 1 is 1.15 bits per heavy atom. The van der Waals surface area contributed by atoms with Crippen LogP contribution in [0.2, 0.25) is 0 Å². The molecule has 1 aromatic carbocycles. The normalized spacial score (nSPS) is 16.1. The van der Waals surface area contributed by atoms with E-state index in [9.17, 15) is 4.79 Å². The Morgan fingerprint density at radius 3 is 2.78 bits per heavy atom. The summed E-state index contributed by atoms with van der Waals surface area (Å²) in [6, 6.07) is 5.41. The zero-order valence-electron chi connectivity index (χ0n) is 14.7. The highest BCUT2D eigenvalue weighted by Gasteiger charge is 2.18. The maximum Gasteiger partial charge on any atom is 0.234 e. The number of hydrogen-bond donors (Lipinski definition) is 1. The molecule has 0 bridgehead atoms. The minimum Gasteiger partial charge on any atom is -0.486 e. The van der Waals surface area contributed by atoms with E-state index in [1.807, 2.05) is 23.9 Å². The standard InChI is InChI=1S/C18H20N4O3S2/c23-16(21-13-1-2-14-15(11-13)25-8-7-24-14)12-27-18-17(19-3-4-20-18)22-5-9-26-10-6-22/h1-4,11H,5-10,12H2,(H,21,23). The van der Waals surface area contributed by atoms with Crippen molar-refractivity contribution in [2.24, 2.45) is 0 Å². The number of fused-ring (bicyclic) bond motifs is 1. The summed E-state index contributed by atoms with van der Waals surface area (Å²) >= 11 is 3.36. The SMILES string of the molecule is O=C(CSc1nccnc1N1CCSCC1)Nc1ccc2c(c1)OCCO2. The summed E-state index contributed by atoms with van der Waals surface area (Å²) in [6.07, 6.45) is 3.37. The van der Waals surface area contributed by atoms with Gasteiger partial charge in [-0.1, -0.05) is 11.8 Å². The topological polar surface area (TPSA) is 76.6 Å². The lowest BCUT2D eigenvalue weighted by molar-refractivity contribution is -0.113. The van der Waals surface area contributed by atoms with Crippen molar-refractivity contribution < 1.29 is 14.3 Å². The third kappa shape index (κ3) is 4.59. The molecule has 27 heavy (non-hydrogen) atoms. The van der Waals surface area contributed by atoms with Crippen molar-refractivity contribution in [1.29, 1.82) is 0 Å². The smallest absolute Gasteiger partial charge is 0.234 e. The summed E-state index contributed by atoms with van der Waals surface area (Å²) in [5.74, 6) is 4.58. The molecule has 1 fully saturated rings. The number of hydrogen-bond acceptors (Lipinski definition) is 8. The molecule has 2 aromatic rings. The molecule has 1 saturated heterocycles. The number of anilines is 2. The van der Waals surface area contributed by atoms with Crippen molar-refractivity contribution in [2.75, 3.05) is 53.8 Å². The van der Waals surface area contributed by atoms with Crippen molar-refractivity contribution in [3.05, 3.63) is 30.6 Å². The zero-order chi connectivity index (χ0) is 18.5. The van der Waals surface area contributed by atoms with E-state index in [0.717, 1.165) is 35.4 Å². The van der Waals surface area contributed by atoms with Crippen molar-refractivity contribution in [1.82, 2.24) is 9.97 Å². The van der Waals surface area contributed by atoms with Gasteiger partial charge in [-0.2, -0.15) is 11.8 Å². The van der Waals surface area contributed by atoms with Crippen molar-refractivity contribution >= 4 is 40.9 Å². The van der Waals surface area contributed by atoms with Gasteiger partial charge in [0.2, 0.25) is 5.91 Å². The molecule has 142 valence electrons. The first kappa shape index (κ1) is 18.2. The number of carbonyl (C=O) groups excluding carboxylic acids is 1. The van der Waals surface area contributed by atoms with Gasteiger partial charge in [0.15, 0.2) is 17.3 Å². The highest BCUT2D eigenvalue weighted by Crippen LogP contribution is 2.33. The van der Waals surface area contributed by atoms with Crippen LogP contribution in [-0.4, -0.2) is 59.4 Å². The lowest BCUT2D eigenvalue weighted by Crippen LogP contribution is -2.33. The Labute approximate surface area is 166 Å². The number of benzene rings is 1. The first-order valence-electron chi connectivity index (χ1n) is 8.75. The average molecular weight is 405 g/mol. The van der Waals surface area contributed by atoms with Gasteiger partial charge in [-0.05, 0) is 12.1 Å². The molecule has 7 nitrogen and oxygen atoms in total. The summed E-state index contributed by atoms with van der Waals surface area (Å²) in [7, 11) is 0. The molecule has 1 N–H and O–H groups in total. The van der Waals surface area contributed by atoms with Crippen LogP contribution in [0.25, 0.3) is 0 Å². The number of thioether (sulfide) groups is 2. The second-order valence-corrected chi connectivity index (χ2v) is 8.17. The number of nitrogens with one attached hydrogen (secondary N) is 1. The minimum absolute atomic E-state index is 0.0949. The van der Waals surface area contributed by atoms with Crippen LogP contribution in [0.1, 0.15) is 0 Å². The van der Waals surface area contributed by atoms with Crippen molar-refractivity contribution in [3.8, 4) is 11.5 Å². The average Bonchev–Trinajstić information content (AvgIpc) is 2.73. The molecule has 2 aliphatic heterocycles. The fourth-order valence-electron chi connectivity index (χ4n) is 2.86. The fourth-order valence-corrected chi connectivity index (χ4v) is 4.55. The lowest BCUT2D eigenvalue weighted by Gasteiger charge is -2.28. The van der Waals surface area contributed by atoms with Crippen molar-refractivity contribution in [3.63, 3.8) is 0 Å².